The van der Waals surface area contributed by atoms with Crippen molar-refractivity contribution in [2.24, 2.45) is 0 Å². The number of fused-ring (bicyclic) bond motifs is 2. The Morgan fingerprint density at radius 2 is 1.47 bits per heavy atom. The van der Waals surface area contributed by atoms with Gasteiger partial charge < -0.3 is 19.4 Å². The van der Waals surface area contributed by atoms with Crippen molar-refractivity contribution in [2.75, 3.05) is 11.9 Å². The van der Waals surface area contributed by atoms with Crippen molar-refractivity contribution >= 4 is 45.2 Å². The molecule has 1 heterocycles. The molecule has 43 heavy (non-hydrogen) atoms. The second-order valence-electron chi connectivity index (χ2n) is 9.98. The highest BCUT2D eigenvalue weighted by atomic mass is 16.5. The molecule has 0 unspecified atom stereocenters. The zero-order valence-corrected chi connectivity index (χ0v) is 23.7. The minimum absolute atomic E-state index is 0.195. The summed E-state index contributed by atoms with van der Waals surface area (Å²) in [5.74, 6) is -1.19. The summed E-state index contributed by atoms with van der Waals surface area (Å²) in [5.41, 5.74) is 3.77. The van der Waals surface area contributed by atoms with Crippen LogP contribution in [0, 0.1) is 6.92 Å². The number of benzene rings is 5. The van der Waals surface area contributed by atoms with Crippen LogP contribution in [-0.2, 0) is 4.74 Å². The average Bonchev–Trinajstić information content (AvgIpc) is 3.32. The van der Waals surface area contributed by atoms with Gasteiger partial charge in [-0.2, -0.15) is 0 Å². The van der Waals surface area contributed by atoms with Gasteiger partial charge in [0.25, 0.3) is 5.91 Å². The lowest BCUT2D eigenvalue weighted by Crippen LogP contribution is -2.17. The van der Waals surface area contributed by atoms with Gasteiger partial charge in [-0.1, -0.05) is 60.7 Å². The number of nitrogens with zero attached hydrogens (tertiary/aromatic N) is 1. The predicted octanol–water partition coefficient (Wildman–Crippen LogP) is 7.74. The Kier molecular flexibility index (Phi) is 7.45. The molecular weight excluding hydrogens is 540 g/mol. The largest absolute Gasteiger partial charge is 0.462 e. The molecule has 7 nitrogen and oxygen atoms in total. The minimum Gasteiger partial charge on any atom is -0.462 e. The summed E-state index contributed by atoms with van der Waals surface area (Å²) in [6.45, 7) is 3.85. The van der Waals surface area contributed by atoms with Gasteiger partial charge in [-0.3, -0.25) is 4.79 Å². The third kappa shape index (κ3) is 5.36. The van der Waals surface area contributed by atoms with Crippen molar-refractivity contribution in [1.82, 2.24) is 4.57 Å². The van der Waals surface area contributed by atoms with Crippen LogP contribution in [0.25, 0.3) is 27.4 Å². The highest BCUT2D eigenvalue weighted by Crippen LogP contribution is 2.33. The van der Waals surface area contributed by atoms with Gasteiger partial charge in [0.1, 0.15) is 5.75 Å². The first-order valence-corrected chi connectivity index (χ1v) is 13.9. The van der Waals surface area contributed by atoms with Gasteiger partial charge in [-0.05, 0) is 79.2 Å². The van der Waals surface area contributed by atoms with E-state index in [-0.39, 0.29) is 23.8 Å². The standard InChI is InChI=1S/C36H28N2O5/c1-3-42-36(41)33-23(2)38(27-13-5-4-6-14-27)32-20-19-28(22-30(32)33)43-35(40)29-15-9-10-16-31(29)37-34(39)26-18-17-24-11-7-8-12-25(24)21-26/h4-22H,3H2,1-2H3,(H,37,39). The van der Waals surface area contributed by atoms with Gasteiger partial charge in [0.2, 0.25) is 0 Å². The molecule has 0 radical (unpaired) electrons. The molecule has 212 valence electrons. The molecule has 0 aliphatic carbocycles. The molecule has 5 aromatic carbocycles. The van der Waals surface area contributed by atoms with Gasteiger partial charge in [0.15, 0.2) is 0 Å². The van der Waals surface area contributed by atoms with Crippen LogP contribution in [0.4, 0.5) is 5.69 Å². The van der Waals surface area contributed by atoms with E-state index in [9.17, 15) is 14.4 Å². The predicted molar refractivity (Wildman–Crippen MR) is 167 cm³/mol. The number of carbonyl (C=O) groups is 3. The Labute approximate surface area is 248 Å². The topological polar surface area (TPSA) is 86.6 Å². The number of nitrogens with one attached hydrogen (secondary N) is 1. The SMILES string of the molecule is CCOC(=O)c1c(C)n(-c2ccccc2)c2ccc(OC(=O)c3ccccc3NC(=O)c3ccc4ccccc4c3)cc12. The summed E-state index contributed by atoms with van der Waals surface area (Å²) in [5, 5.41) is 5.42. The zero-order valence-electron chi connectivity index (χ0n) is 23.7. The summed E-state index contributed by atoms with van der Waals surface area (Å²) in [4.78, 5) is 39.6. The first kappa shape index (κ1) is 27.5. The number of hydrogen-bond donors (Lipinski definition) is 1. The van der Waals surface area contributed by atoms with E-state index in [1.165, 1.54) is 0 Å². The number of carbonyl (C=O) groups excluding carboxylic acids is 3. The van der Waals surface area contributed by atoms with Crippen LogP contribution in [0.5, 0.6) is 5.75 Å². The number of amides is 1. The Hall–Kier alpha value is -5.69. The number of esters is 2. The zero-order chi connectivity index (χ0) is 29.9. The Balaban J connectivity index is 1.31. The second kappa shape index (κ2) is 11.7. The normalized spacial score (nSPS) is 10.9. The lowest BCUT2D eigenvalue weighted by atomic mass is 10.1. The maximum atomic E-state index is 13.4. The van der Waals surface area contributed by atoms with E-state index in [4.69, 9.17) is 9.47 Å². The summed E-state index contributed by atoms with van der Waals surface area (Å²) >= 11 is 0. The lowest BCUT2D eigenvalue weighted by molar-refractivity contribution is 0.0527. The van der Waals surface area contributed by atoms with E-state index in [0.717, 1.165) is 22.0 Å². The molecule has 6 rings (SSSR count). The highest BCUT2D eigenvalue weighted by Gasteiger charge is 2.23. The second-order valence-corrected chi connectivity index (χ2v) is 9.98. The molecule has 0 atom stereocenters. The summed E-state index contributed by atoms with van der Waals surface area (Å²) in [7, 11) is 0. The summed E-state index contributed by atoms with van der Waals surface area (Å²) in [6.07, 6.45) is 0. The van der Waals surface area contributed by atoms with E-state index in [0.29, 0.717) is 27.9 Å². The fourth-order valence-corrected chi connectivity index (χ4v) is 5.29. The van der Waals surface area contributed by atoms with Crippen molar-refractivity contribution in [2.45, 2.75) is 13.8 Å². The van der Waals surface area contributed by atoms with Crippen molar-refractivity contribution in [3.63, 3.8) is 0 Å². The first-order valence-electron chi connectivity index (χ1n) is 13.9. The van der Waals surface area contributed by atoms with Gasteiger partial charge in [-0.15, -0.1) is 0 Å². The molecule has 0 fully saturated rings. The maximum Gasteiger partial charge on any atom is 0.345 e. The van der Waals surface area contributed by atoms with Crippen LogP contribution in [0.3, 0.4) is 0 Å². The van der Waals surface area contributed by atoms with Crippen LogP contribution in [-0.4, -0.2) is 29.0 Å². The number of aromatic nitrogens is 1. The molecule has 0 aliphatic rings. The smallest absolute Gasteiger partial charge is 0.345 e. The highest BCUT2D eigenvalue weighted by molar-refractivity contribution is 6.10. The van der Waals surface area contributed by atoms with E-state index in [2.05, 4.69) is 5.32 Å². The molecule has 0 saturated carbocycles. The number of anilines is 1. The quantitative estimate of drug-likeness (QED) is 0.157. The van der Waals surface area contributed by atoms with Crippen molar-refractivity contribution in [1.29, 1.82) is 0 Å². The van der Waals surface area contributed by atoms with Crippen LogP contribution in [0.2, 0.25) is 0 Å². The third-order valence-electron chi connectivity index (χ3n) is 7.29. The van der Waals surface area contributed by atoms with Crippen molar-refractivity contribution < 1.29 is 23.9 Å². The van der Waals surface area contributed by atoms with Crippen molar-refractivity contribution in [3.8, 4) is 11.4 Å². The fraction of sp³-hybridized carbons (Fsp3) is 0.0833. The van der Waals surface area contributed by atoms with E-state index < -0.39 is 11.9 Å². The van der Waals surface area contributed by atoms with Gasteiger partial charge >= 0.3 is 11.9 Å². The molecule has 0 bridgehead atoms. The van der Waals surface area contributed by atoms with Crippen LogP contribution >= 0.6 is 0 Å². The molecule has 6 aromatic rings. The fourth-order valence-electron chi connectivity index (χ4n) is 5.29. The molecule has 1 aromatic heterocycles. The molecular formula is C36H28N2O5. The van der Waals surface area contributed by atoms with Crippen LogP contribution < -0.4 is 10.1 Å². The van der Waals surface area contributed by atoms with Gasteiger partial charge in [-0.25, -0.2) is 9.59 Å². The molecule has 0 saturated heterocycles. The summed E-state index contributed by atoms with van der Waals surface area (Å²) < 4.78 is 13.1. The Bertz CT molecular complexity index is 2010. The maximum absolute atomic E-state index is 13.4. The third-order valence-corrected chi connectivity index (χ3v) is 7.29. The molecule has 0 spiro atoms. The molecule has 0 aliphatic heterocycles. The number of rotatable bonds is 7. The Morgan fingerprint density at radius 3 is 2.26 bits per heavy atom. The molecule has 1 N–H and O–H groups in total. The number of hydrogen-bond acceptors (Lipinski definition) is 5. The number of ether oxygens (including phenoxy) is 2. The van der Waals surface area contributed by atoms with Gasteiger partial charge in [0, 0.05) is 22.3 Å². The van der Waals surface area contributed by atoms with E-state index in [1.54, 1.807) is 49.4 Å². The monoisotopic (exact) mass is 568 g/mol. The summed E-state index contributed by atoms with van der Waals surface area (Å²) in [6, 6.07) is 34.8. The van der Waals surface area contributed by atoms with E-state index in [1.807, 2.05) is 84.3 Å². The average molecular weight is 569 g/mol. The van der Waals surface area contributed by atoms with Crippen LogP contribution in [0.1, 0.15) is 43.7 Å². The molecule has 7 heteroatoms. The first-order chi connectivity index (χ1) is 20.9. The Morgan fingerprint density at radius 1 is 0.744 bits per heavy atom. The number of para-hydroxylation sites is 2. The molecule has 1 amide bonds. The van der Waals surface area contributed by atoms with Crippen molar-refractivity contribution in [3.05, 3.63) is 138 Å². The lowest BCUT2D eigenvalue weighted by Gasteiger charge is -2.12. The minimum atomic E-state index is -0.648. The van der Waals surface area contributed by atoms with E-state index >= 15 is 0 Å². The van der Waals surface area contributed by atoms with Crippen LogP contribution in [0.15, 0.2) is 115 Å². The van der Waals surface area contributed by atoms with Gasteiger partial charge in [0.05, 0.1) is 28.9 Å².